The number of methoxy groups -OCH3 is 1. The molecule has 0 amide bonds. The highest BCUT2D eigenvalue weighted by atomic mass is 16.5. The van der Waals surface area contributed by atoms with Gasteiger partial charge in [-0.25, -0.2) is 0 Å². The van der Waals surface area contributed by atoms with Crippen LogP contribution < -0.4 is 0 Å². The van der Waals surface area contributed by atoms with Crippen molar-refractivity contribution in [3.63, 3.8) is 0 Å². The summed E-state index contributed by atoms with van der Waals surface area (Å²) in [5.74, 6) is -1.51. The van der Waals surface area contributed by atoms with E-state index in [9.17, 15) is 14.9 Å². The zero-order valence-electron chi connectivity index (χ0n) is 18.1. The summed E-state index contributed by atoms with van der Waals surface area (Å²) in [4.78, 5) is 29.4. The highest BCUT2D eigenvalue weighted by Crippen LogP contribution is 2.60. The molecule has 0 unspecified atom stereocenters. The summed E-state index contributed by atoms with van der Waals surface area (Å²) in [7, 11) is 1.30. The molecule has 2 heterocycles. The Labute approximate surface area is 192 Å². The largest absolute Gasteiger partial charge is 0.468 e. The predicted octanol–water partition coefficient (Wildman–Crippen LogP) is 4.75. The van der Waals surface area contributed by atoms with Gasteiger partial charge in [-0.2, -0.15) is 5.26 Å². The number of nitrogens with zero attached hydrogens (tertiary/aromatic N) is 2. The van der Waals surface area contributed by atoms with Crippen LogP contribution in [0.5, 0.6) is 0 Å². The Kier molecular flexibility index (Phi) is 5.07. The number of carbonyl (C=O) groups excluding carboxylic acids is 2. The normalized spacial score (nSPS) is 25.0. The molecule has 162 valence electrons. The van der Waals surface area contributed by atoms with Crippen molar-refractivity contribution < 1.29 is 14.3 Å². The van der Waals surface area contributed by atoms with Gasteiger partial charge < -0.3 is 9.64 Å². The topological polar surface area (TPSA) is 70.4 Å². The second kappa shape index (κ2) is 8.07. The quantitative estimate of drug-likeness (QED) is 0.438. The maximum Gasteiger partial charge on any atom is 0.329 e. The van der Waals surface area contributed by atoms with Crippen molar-refractivity contribution in [2.75, 3.05) is 7.11 Å². The summed E-state index contributed by atoms with van der Waals surface area (Å²) < 4.78 is 5.25. The Morgan fingerprint density at radius 2 is 1.58 bits per heavy atom. The molecule has 33 heavy (non-hydrogen) atoms. The van der Waals surface area contributed by atoms with Gasteiger partial charge in [-0.1, -0.05) is 84.9 Å². The van der Waals surface area contributed by atoms with E-state index in [2.05, 4.69) is 6.07 Å². The zero-order valence-corrected chi connectivity index (χ0v) is 18.1. The lowest BCUT2D eigenvalue weighted by molar-refractivity contribution is -0.151. The van der Waals surface area contributed by atoms with Crippen LogP contribution in [0.4, 0.5) is 0 Å². The molecule has 5 nitrogen and oxygen atoms in total. The number of rotatable bonds is 4. The first-order chi connectivity index (χ1) is 16.1. The molecule has 4 atom stereocenters. The second-order valence-electron chi connectivity index (χ2n) is 8.33. The van der Waals surface area contributed by atoms with E-state index in [1.165, 1.54) is 7.11 Å². The molecular weight excluding hydrogens is 412 g/mol. The first-order valence-electron chi connectivity index (χ1n) is 10.8. The number of hydrogen-bond acceptors (Lipinski definition) is 5. The second-order valence-corrected chi connectivity index (χ2v) is 8.33. The third-order valence-corrected chi connectivity index (χ3v) is 6.77. The Bertz CT molecular complexity index is 1280. The molecule has 5 rings (SSSR count). The fourth-order valence-corrected chi connectivity index (χ4v) is 5.40. The smallest absolute Gasteiger partial charge is 0.329 e. The van der Waals surface area contributed by atoms with E-state index in [0.29, 0.717) is 5.56 Å². The Balaban J connectivity index is 1.81. The number of carbonyl (C=O) groups is 2. The molecule has 3 aromatic carbocycles. The fourth-order valence-electron chi connectivity index (χ4n) is 5.40. The van der Waals surface area contributed by atoms with E-state index < -0.39 is 29.4 Å². The minimum Gasteiger partial charge on any atom is -0.468 e. The summed E-state index contributed by atoms with van der Waals surface area (Å²) >= 11 is 0. The highest BCUT2D eigenvalue weighted by Gasteiger charge is 2.67. The number of nitriles is 1. The maximum absolute atomic E-state index is 14.0. The van der Waals surface area contributed by atoms with Gasteiger partial charge in [0.1, 0.15) is 6.04 Å². The van der Waals surface area contributed by atoms with Gasteiger partial charge in [0.2, 0.25) is 0 Å². The average Bonchev–Trinajstić information content (AvgIpc) is 3.20. The van der Waals surface area contributed by atoms with Gasteiger partial charge >= 0.3 is 5.97 Å². The number of esters is 1. The van der Waals surface area contributed by atoms with Crippen LogP contribution >= 0.6 is 0 Å². The minimum absolute atomic E-state index is 0.139. The summed E-state index contributed by atoms with van der Waals surface area (Å²) in [6.07, 6.45) is 3.78. The molecule has 3 aromatic rings. The van der Waals surface area contributed by atoms with Crippen LogP contribution in [0.3, 0.4) is 0 Å². The van der Waals surface area contributed by atoms with Crippen molar-refractivity contribution in [1.82, 2.24) is 4.90 Å². The third kappa shape index (κ3) is 2.99. The van der Waals surface area contributed by atoms with Crippen LogP contribution in [-0.2, 0) is 9.53 Å². The number of benzene rings is 3. The van der Waals surface area contributed by atoms with Crippen molar-refractivity contribution in [2.45, 2.75) is 18.0 Å². The van der Waals surface area contributed by atoms with Crippen molar-refractivity contribution >= 4 is 17.8 Å². The monoisotopic (exact) mass is 434 g/mol. The number of ketones is 1. The molecule has 0 N–H and O–H groups in total. The van der Waals surface area contributed by atoms with E-state index in [-0.39, 0.29) is 5.78 Å². The van der Waals surface area contributed by atoms with E-state index in [1.54, 1.807) is 12.1 Å². The van der Waals surface area contributed by atoms with Crippen molar-refractivity contribution in [1.29, 1.82) is 5.26 Å². The molecule has 2 aliphatic heterocycles. The van der Waals surface area contributed by atoms with Gasteiger partial charge in [0.05, 0.1) is 19.2 Å². The first-order valence-corrected chi connectivity index (χ1v) is 10.8. The van der Waals surface area contributed by atoms with Crippen LogP contribution in [-0.4, -0.2) is 29.8 Å². The van der Waals surface area contributed by atoms with Gasteiger partial charge in [-0.3, -0.25) is 9.59 Å². The van der Waals surface area contributed by atoms with E-state index in [4.69, 9.17) is 4.74 Å². The number of hydrogen-bond donors (Lipinski definition) is 0. The lowest BCUT2D eigenvalue weighted by atomic mass is 9.66. The SMILES string of the molecule is COC(=O)[C@]1(C#N)[C@@H]2c3ccccc3C=CN2[C@@H](C(=O)c2ccccc2)[C@@H]1c1ccccc1. The zero-order chi connectivity index (χ0) is 23.0. The lowest BCUT2D eigenvalue weighted by Crippen LogP contribution is -2.41. The molecule has 1 fully saturated rings. The van der Waals surface area contributed by atoms with Gasteiger partial charge in [0, 0.05) is 17.7 Å². The molecule has 0 spiro atoms. The molecule has 1 saturated heterocycles. The molecule has 0 bridgehead atoms. The highest BCUT2D eigenvalue weighted by molar-refractivity contribution is 6.03. The Morgan fingerprint density at radius 3 is 2.24 bits per heavy atom. The van der Waals surface area contributed by atoms with E-state index >= 15 is 0 Å². The van der Waals surface area contributed by atoms with Gasteiger partial charge in [-0.05, 0) is 22.8 Å². The van der Waals surface area contributed by atoms with E-state index in [0.717, 1.165) is 16.7 Å². The molecule has 2 aliphatic rings. The molecule has 0 aromatic heterocycles. The standard InChI is InChI=1S/C28H22N2O3/c1-33-27(32)28(18-29)23(20-11-4-2-5-12-20)24(25(31)21-13-6-3-7-14-21)30-17-16-19-10-8-9-15-22(19)26(28)30/h2-17,23-24,26H,1H3/t23-,24+,26-,28-/m0/s1. The van der Waals surface area contributed by atoms with Gasteiger partial charge in [0.15, 0.2) is 11.2 Å². The van der Waals surface area contributed by atoms with Crippen LogP contribution in [0.25, 0.3) is 6.08 Å². The van der Waals surface area contributed by atoms with Crippen LogP contribution in [0.1, 0.15) is 39.0 Å². The third-order valence-electron chi connectivity index (χ3n) is 6.77. The maximum atomic E-state index is 14.0. The van der Waals surface area contributed by atoms with Crippen LogP contribution in [0.15, 0.2) is 91.1 Å². The summed E-state index contributed by atoms with van der Waals surface area (Å²) in [5.41, 5.74) is 1.41. The molecular formula is C28H22N2O3. The summed E-state index contributed by atoms with van der Waals surface area (Å²) in [6, 6.07) is 27.0. The number of ether oxygens (including phenoxy) is 1. The molecule has 0 aliphatic carbocycles. The predicted molar refractivity (Wildman–Crippen MR) is 124 cm³/mol. The number of Topliss-reactive ketones (excluding diaryl/α,β-unsaturated/α-hetero) is 1. The van der Waals surface area contributed by atoms with Crippen molar-refractivity contribution in [3.05, 3.63) is 113 Å². The summed E-state index contributed by atoms with van der Waals surface area (Å²) in [5, 5.41) is 10.7. The lowest BCUT2D eigenvalue weighted by Gasteiger charge is -2.36. The van der Waals surface area contributed by atoms with Crippen molar-refractivity contribution in [2.24, 2.45) is 5.41 Å². The van der Waals surface area contributed by atoms with Gasteiger partial charge in [0.25, 0.3) is 0 Å². The fraction of sp³-hybridized carbons (Fsp3) is 0.179. The van der Waals surface area contributed by atoms with Crippen molar-refractivity contribution in [3.8, 4) is 6.07 Å². The Morgan fingerprint density at radius 1 is 0.939 bits per heavy atom. The number of fused-ring (bicyclic) bond motifs is 3. The van der Waals surface area contributed by atoms with Crippen LogP contribution in [0.2, 0.25) is 0 Å². The summed E-state index contributed by atoms with van der Waals surface area (Å²) in [6.45, 7) is 0. The molecule has 0 saturated carbocycles. The average molecular weight is 434 g/mol. The minimum atomic E-state index is -1.62. The Hall–Kier alpha value is -4.17. The molecule has 5 heteroatoms. The van der Waals surface area contributed by atoms with Gasteiger partial charge in [-0.15, -0.1) is 0 Å². The van der Waals surface area contributed by atoms with E-state index in [1.807, 2.05) is 90.0 Å². The molecule has 0 radical (unpaired) electrons. The van der Waals surface area contributed by atoms with Crippen LogP contribution in [0, 0.1) is 16.7 Å². The first kappa shape index (κ1) is 20.7.